The average molecular weight is 280 g/mol. The van der Waals surface area contributed by atoms with Gasteiger partial charge in [0, 0.05) is 30.1 Å². The molecule has 6 nitrogen and oxygen atoms in total. The van der Waals surface area contributed by atoms with Crippen molar-refractivity contribution < 1.29 is 9.66 Å². The molecule has 0 amide bonds. The first-order valence-electron chi connectivity index (χ1n) is 5.42. The van der Waals surface area contributed by atoms with Crippen molar-refractivity contribution in [1.82, 2.24) is 9.97 Å². The fourth-order valence-corrected chi connectivity index (χ4v) is 1.68. The number of benzene rings is 1. The van der Waals surface area contributed by atoms with E-state index in [9.17, 15) is 10.1 Å². The predicted octanol–water partition coefficient (Wildman–Crippen LogP) is 2.70. The summed E-state index contributed by atoms with van der Waals surface area (Å²) in [7, 11) is 0. The minimum atomic E-state index is -0.472. The minimum Gasteiger partial charge on any atom is -0.485 e. The van der Waals surface area contributed by atoms with Gasteiger partial charge in [-0.2, -0.15) is 0 Å². The van der Waals surface area contributed by atoms with E-state index in [2.05, 4.69) is 9.97 Å². The lowest BCUT2D eigenvalue weighted by Gasteiger charge is -2.08. The average Bonchev–Trinajstić information content (AvgIpc) is 2.45. The summed E-state index contributed by atoms with van der Waals surface area (Å²) < 4.78 is 5.52. The van der Waals surface area contributed by atoms with Crippen LogP contribution in [-0.2, 0) is 12.5 Å². The number of rotatable bonds is 5. The summed E-state index contributed by atoms with van der Waals surface area (Å²) >= 11 is 5.76. The van der Waals surface area contributed by atoms with E-state index in [1.807, 2.05) is 0 Å². The van der Waals surface area contributed by atoms with Crippen LogP contribution in [-0.4, -0.2) is 14.9 Å². The van der Waals surface area contributed by atoms with Gasteiger partial charge in [-0.25, -0.2) is 9.97 Å². The number of aromatic nitrogens is 2. The van der Waals surface area contributed by atoms with Crippen LogP contribution >= 0.6 is 11.6 Å². The first kappa shape index (κ1) is 13.2. The fraction of sp³-hybridized carbons (Fsp3) is 0.167. The highest BCUT2D eigenvalue weighted by molar-refractivity contribution is 6.17. The Labute approximate surface area is 114 Å². The SMILES string of the molecule is O=[N+]([O-])c1ccc(OCc2ncccn2)c(CCl)c1. The quantitative estimate of drug-likeness (QED) is 0.478. The van der Waals surface area contributed by atoms with Gasteiger partial charge in [0.2, 0.25) is 0 Å². The summed E-state index contributed by atoms with van der Waals surface area (Å²) in [5, 5.41) is 10.7. The molecule has 0 aliphatic heterocycles. The Kier molecular flexibility index (Phi) is 4.25. The van der Waals surface area contributed by atoms with Crippen LogP contribution in [0.2, 0.25) is 0 Å². The Balaban J connectivity index is 2.14. The zero-order chi connectivity index (χ0) is 13.7. The lowest BCUT2D eigenvalue weighted by molar-refractivity contribution is -0.384. The van der Waals surface area contributed by atoms with E-state index in [1.165, 1.54) is 18.2 Å². The van der Waals surface area contributed by atoms with Gasteiger partial charge in [-0.15, -0.1) is 11.6 Å². The van der Waals surface area contributed by atoms with Crippen molar-refractivity contribution in [1.29, 1.82) is 0 Å². The molecule has 7 heteroatoms. The predicted molar refractivity (Wildman–Crippen MR) is 69.0 cm³/mol. The summed E-state index contributed by atoms with van der Waals surface area (Å²) in [4.78, 5) is 18.2. The third-order valence-electron chi connectivity index (χ3n) is 2.37. The number of nitro benzene ring substituents is 1. The number of nitro groups is 1. The summed E-state index contributed by atoms with van der Waals surface area (Å²) in [5.74, 6) is 1.15. The second-order valence-corrected chi connectivity index (χ2v) is 3.90. The van der Waals surface area contributed by atoms with E-state index in [0.29, 0.717) is 17.1 Å². The molecule has 1 aromatic heterocycles. The molecule has 2 aromatic rings. The van der Waals surface area contributed by atoms with E-state index in [-0.39, 0.29) is 18.2 Å². The number of nitrogens with zero attached hydrogens (tertiary/aromatic N) is 3. The van der Waals surface area contributed by atoms with E-state index in [4.69, 9.17) is 16.3 Å². The van der Waals surface area contributed by atoms with Crippen LogP contribution in [0.15, 0.2) is 36.7 Å². The van der Waals surface area contributed by atoms with Gasteiger partial charge in [0.25, 0.3) is 5.69 Å². The Morgan fingerprint density at radius 2 is 2.05 bits per heavy atom. The van der Waals surface area contributed by atoms with Gasteiger partial charge in [-0.05, 0) is 12.1 Å². The zero-order valence-corrected chi connectivity index (χ0v) is 10.6. The summed E-state index contributed by atoms with van der Waals surface area (Å²) in [5.41, 5.74) is 0.547. The molecule has 0 fully saturated rings. The van der Waals surface area contributed by atoms with E-state index in [0.717, 1.165) is 0 Å². The van der Waals surface area contributed by atoms with Gasteiger partial charge in [0.05, 0.1) is 10.8 Å². The number of halogens is 1. The number of hydrogen-bond acceptors (Lipinski definition) is 5. The molecule has 0 N–H and O–H groups in total. The van der Waals surface area contributed by atoms with Gasteiger partial charge >= 0.3 is 0 Å². The molecule has 0 unspecified atom stereocenters. The third-order valence-corrected chi connectivity index (χ3v) is 2.66. The highest BCUT2D eigenvalue weighted by atomic mass is 35.5. The van der Waals surface area contributed by atoms with Crippen molar-refractivity contribution in [2.45, 2.75) is 12.5 Å². The van der Waals surface area contributed by atoms with Crippen LogP contribution in [0.1, 0.15) is 11.4 Å². The molecular formula is C12H10ClN3O3. The zero-order valence-electron chi connectivity index (χ0n) is 9.82. The van der Waals surface area contributed by atoms with Crippen molar-refractivity contribution in [2.75, 3.05) is 0 Å². The van der Waals surface area contributed by atoms with Crippen LogP contribution in [0.4, 0.5) is 5.69 Å². The molecule has 98 valence electrons. The second-order valence-electron chi connectivity index (χ2n) is 3.64. The molecule has 0 aliphatic rings. The third kappa shape index (κ3) is 3.38. The standard InChI is InChI=1S/C12H10ClN3O3/c13-7-9-6-10(16(17)18)2-3-11(9)19-8-12-14-4-1-5-15-12/h1-6H,7-8H2. The van der Waals surface area contributed by atoms with Crippen LogP contribution in [0.5, 0.6) is 5.75 Å². The monoisotopic (exact) mass is 279 g/mol. The highest BCUT2D eigenvalue weighted by Crippen LogP contribution is 2.26. The molecule has 0 aliphatic carbocycles. The molecule has 1 heterocycles. The molecular weight excluding hydrogens is 270 g/mol. The van der Waals surface area contributed by atoms with Gasteiger partial charge in [0.1, 0.15) is 12.4 Å². The van der Waals surface area contributed by atoms with E-state index < -0.39 is 4.92 Å². The first-order valence-corrected chi connectivity index (χ1v) is 5.96. The number of hydrogen-bond donors (Lipinski definition) is 0. The minimum absolute atomic E-state index is 0.0149. The number of non-ortho nitro benzene ring substituents is 1. The van der Waals surface area contributed by atoms with Crippen LogP contribution < -0.4 is 4.74 Å². The summed E-state index contributed by atoms with van der Waals surface area (Å²) in [6.45, 7) is 0.183. The molecule has 0 saturated heterocycles. The number of alkyl halides is 1. The Morgan fingerprint density at radius 1 is 1.32 bits per heavy atom. The van der Waals surface area contributed by atoms with E-state index in [1.54, 1.807) is 18.5 Å². The van der Waals surface area contributed by atoms with Crippen molar-refractivity contribution in [3.63, 3.8) is 0 Å². The van der Waals surface area contributed by atoms with Crippen molar-refractivity contribution in [3.8, 4) is 5.75 Å². The molecule has 0 saturated carbocycles. The van der Waals surface area contributed by atoms with Gasteiger partial charge in [0.15, 0.2) is 5.82 Å². The molecule has 1 aromatic carbocycles. The number of ether oxygens (including phenoxy) is 1. The highest BCUT2D eigenvalue weighted by Gasteiger charge is 2.11. The summed E-state index contributed by atoms with van der Waals surface area (Å²) in [6.07, 6.45) is 3.23. The molecule has 0 radical (unpaired) electrons. The Hall–Kier alpha value is -2.21. The van der Waals surface area contributed by atoms with Gasteiger partial charge in [-0.3, -0.25) is 10.1 Å². The van der Waals surface area contributed by atoms with Crippen LogP contribution in [0, 0.1) is 10.1 Å². The lowest BCUT2D eigenvalue weighted by Crippen LogP contribution is -2.02. The maximum absolute atomic E-state index is 10.7. The Bertz CT molecular complexity index is 578. The second kappa shape index (κ2) is 6.10. The largest absolute Gasteiger partial charge is 0.485 e. The molecule has 0 atom stereocenters. The Morgan fingerprint density at radius 3 is 2.68 bits per heavy atom. The molecule has 19 heavy (non-hydrogen) atoms. The first-order chi connectivity index (χ1) is 9.20. The molecule has 0 bridgehead atoms. The normalized spacial score (nSPS) is 10.2. The topological polar surface area (TPSA) is 78.2 Å². The van der Waals surface area contributed by atoms with Crippen molar-refractivity contribution in [3.05, 3.63) is 58.2 Å². The van der Waals surface area contributed by atoms with Crippen molar-refractivity contribution >= 4 is 17.3 Å². The molecule has 2 rings (SSSR count). The molecule has 0 spiro atoms. The van der Waals surface area contributed by atoms with Crippen LogP contribution in [0.25, 0.3) is 0 Å². The van der Waals surface area contributed by atoms with Crippen LogP contribution in [0.3, 0.4) is 0 Å². The van der Waals surface area contributed by atoms with E-state index >= 15 is 0 Å². The fourth-order valence-electron chi connectivity index (χ4n) is 1.47. The summed E-state index contributed by atoms with van der Waals surface area (Å²) in [6, 6.07) is 6.00. The lowest BCUT2D eigenvalue weighted by atomic mass is 10.2. The van der Waals surface area contributed by atoms with Gasteiger partial charge in [-0.1, -0.05) is 0 Å². The smallest absolute Gasteiger partial charge is 0.270 e. The maximum atomic E-state index is 10.7. The maximum Gasteiger partial charge on any atom is 0.270 e. The van der Waals surface area contributed by atoms with Gasteiger partial charge < -0.3 is 4.74 Å². The van der Waals surface area contributed by atoms with Crippen molar-refractivity contribution in [2.24, 2.45) is 0 Å².